The maximum absolute atomic E-state index is 5.19. The van der Waals surface area contributed by atoms with Gasteiger partial charge in [-0.15, -0.1) is 11.3 Å². The summed E-state index contributed by atoms with van der Waals surface area (Å²) in [5, 5.41) is 7.75. The van der Waals surface area contributed by atoms with E-state index in [1.54, 1.807) is 0 Å². The highest BCUT2D eigenvalue weighted by atomic mass is 32.1. The van der Waals surface area contributed by atoms with Gasteiger partial charge >= 0.3 is 0 Å². The van der Waals surface area contributed by atoms with Gasteiger partial charge in [0.05, 0.1) is 27.1 Å². The number of hydrogen-bond donors (Lipinski definition) is 0. The fourth-order valence-electron chi connectivity index (χ4n) is 7.33. The van der Waals surface area contributed by atoms with E-state index in [4.69, 9.17) is 4.98 Å². The largest absolute Gasteiger partial charge is 0.308 e. The molecule has 0 spiro atoms. The molecule has 0 aliphatic heterocycles. The second-order valence-corrected chi connectivity index (χ2v) is 13.4. The van der Waals surface area contributed by atoms with Crippen LogP contribution in [-0.4, -0.2) is 9.55 Å². The van der Waals surface area contributed by atoms with Gasteiger partial charge < -0.3 is 4.57 Å². The SMILES string of the molecule is c1ccc(-c2cc(-c3ccccc3)nc(-c3ccc(-n4c5ccc6ccccc6c5c5ccc6c7ccccc7sc6c54)cc3)c2)cc1. The molecular weight excluding hydrogens is 601 g/mol. The molecule has 0 amide bonds. The van der Waals surface area contributed by atoms with Crippen molar-refractivity contribution in [3.63, 3.8) is 0 Å². The predicted molar refractivity (Wildman–Crippen MR) is 205 cm³/mol. The van der Waals surface area contributed by atoms with Crippen LogP contribution in [0.4, 0.5) is 0 Å². The molecule has 2 nitrogen and oxygen atoms in total. The van der Waals surface area contributed by atoms with E-state index < -0.39 is 0 Å². The Morgan fingerprint density at radius 2 is 1.06 bits per heavy atom. The number of aromatic nitrogens is 2. The van der Waals surface area contributed by atoms with E-state index in [0.29, 0.717) is 0 Å². The van der Waals surface area contributed by atoms with Crippen molar-refractivity contribution >= 4 is 64.1 Å². The minimum Gasteiger partial charge on any atom is -0.308 e. The van der Waals surface area contributed by atoms with E-state index >= 15 is 0 Å². The summed E-state index contributed by atoms with van der Waals surface area (Å²) in [7, 11) is 0. The predicted octanol–water partition coefficient (Wildman–Crippen LogP) is 12.7. The standard InChI is InChI=1S/C45H28N2S/c1-3-11-29(12-4-1)33-27-39(31-14-5-2-6-15-31)46-40(28-33)32-19-22-34(23-20-32)47-41-26-21-30-13-7-8-16-35(30)43(41)38-25-24-37-36-17-9-10-18-42(36)48-45(37)44(38)47/h1-28H. The molecule has 0 radical (unpaired) electrons. The van der Waals surface area contributed by atoms with E-state index in [1.165, 1.54) is 58.3 Å². The van der Waals surface area contributed by atoms with Crippen molar-refractivity contribution in [1.29, 1.82) is 0 Å². The van der Waals surface area contributed by atoms with Crippen molar-refractivity contribution in [2.75, 3.05) is 0 Å². The van der Waals surface area contributed by atoms with E-state index in [2.05, 4.69) is 168 Å². The van der Waals surface area contributed by atoms with Crippen molar-refractivity contribution < 1.29 is 0 Å². The molecule has 3 heteroatoms. The summed E-state index contributed by atoms with van der Waals surface area (Å²) in [6.07, 6.45) is 0. The van der Waals surface area contributed by atoms with Gasteiger partial charge in [-0.2, -0.15) is 0 Å². The Balaban J connectivity index is 1.20. The average molecular weight is 629 g/mol. The fraction of sp³-hybridized carbons (Fsp3) is 0. The Morgan fingerprint density at radius 3 is 1.83 bits per heavy atom. The second-order valence-electron chi connectivity index (χ2n) is 12.4. The van der Waals surface area contributed by atoms with Crippen LogP contribution in [0.3, 0.4) is 0 Å². The zero-order valence-electron chi connectivity index (χ0n) is 26.0. The van der Waals surface area contributed by atoms with E-state index in [9.17, 15) is 0 Å². The van der Waals surface area contributed by atoms with Crippen molar-refractivity contribution in [2.45, 2.75) is 0 Å². The molecule has 0 saturated heterocycles. The minimum atomic E-state index is 0.960. The molecule has 0 saturated carbocycles. The third-order valence-corrected chi connectivity index (χ3v) is 10.8. The van der Waals surface area contributed by atoms with Gasteiger partial charge in [-0.25, -0.2) is 4.98 Å². The molecule has 0 unspecified atom stereocenters. The van der Waals surface area contributed by atoms with Crippen molar-refractivity contribution in [1.82, 2.24) is 9.55 Å². The van der Waals surface area contributed by atoms with Gasteiger partial charge in [0.15, 0.2) is 0 Å². The second kappa shape index (κ2) is 10.8. The Labute approximate surface area is 281 Å². The molecule has 10 rings (SSSR count). The molecule has 0 aliphatic rings. The summed E-state index contributed by atoms with van der Waals surface area (Å²) in [5.74, 6) is 0. The summed E-state index contributed by atoms with van der Waals surface area (Å²) in [6.45, 7) is 0. The summed E-state index contributed by atoms with van der Waals surface area (Å²) < 4.78 is 5.11. The maximum Gasteiger partial charge on any atom is 0.0719 e. The lowest BCUT2D eigenvalue weighted by Gasteiger charge is -2.12. The van der Waals surface area contributed by atoms with Crippen molar-refractivity contribution in [2.24, 2.45) is 0 Å². The first-order valence-electron chi connectivity index (χ1n) is 16.3. The number of thiophene rings is 1. The lowest BCUT2D eigenvalue weighted by Crippen LogP contribution is -1.95. The molecule has 0 aliphatic carbocycles. The lowest BCUT2D eigenvalue weighted by molar-refractivity contribution is 1.19. The van der Waals surface area contributed by atoms with E-state index in [0.717, 1.165) is 33.8 Å². The Bertz CT molecular complexity index is 2750. The number of pyridine rings is 1. The smallest absolute Gasteiger partial charge is 0.0719 e. The Kier molecular flexibility index (Phi) is 6.08. The Morgan fingerprint density at radius 1 is 0.438 bits per heavy atom. The first-order valence-corrected chi connectivity index (χ1v) is 17.1. The van der Waals surface area contributed by atoms with Gasteiger partial charge in [0, 0.05) is 43.1 Å². The molecule has 3 aromatic heterocycles. The van der Waals surface area contributed by atoms with Gasteiger partial charge in [-0.3, -0.25) is 0 Å². The van der Waals surface area contributed by atoms with E-state index in [1.807, 2.05) is 17.4 Å². The molecule has 0 atom stereocenters. The van der Waals surface area contributed by atoms with Gasteiger partial charge in [0.1, 0.15) is 0 Å². The van der Waals surface area contributed by atoms with Crippen LogP contribution in [0.1, 0.15) is 0 Å². The molecule has 0 bridgehead atoms. The summed E-state index contributed by atoms with van der Waals surface area (Å²) in [6, 6.07) is 61.1. The highest BCUT2D eigenvalue weighted by molar-refractivity contribution is 7.26. The molecule has 7 aromatic carbocycles. The quantitative estimate of drug-likeness (QED) is 0.190. The molecule has 10 aromatic rings. The third kappa shape index (κ3) is 4.22. The molecule has 0 N–H and O–H groups in total. The zero-order chi connectivity index (χ0) is 31.6. The maximum atomic E-state index is 5.19. The van der Waals surface area contributed by atoms with Crippen LogP contribution in [0.2, 0.25) is 0 Å². The topological polar surface area (TPSA) is 17.8 Å². The first kappa shape index (κ1) is 27.1. The number of fused-ring (bicyclic) bond motifs is 9. The monoisotopic (exact) mass is 628 g/mol. The molecular formula is C45H28N2S. The highest BCUT2D eigenvalue weighted by Gasteiger charge is 2.19. The van der Waals surface area contributed by atoms with Crippen molar-refractivity contribution in [3.05, 3.63) is 170 Å². The van der Waals surface area contributed by atoms with Gasteiger partial charge in [-0.1, -0.05) is 133 Å². The van der Waals surface area contributed by atoms with Crippen LogP contribution >= 0.6 is 11.3 Å². The highest BCUT2D eigenvalue weighted by Crippen LogP contribution is 2.44. The number of benzene rings is 7. The molecule has 48 heavy (non-hydrogen) atoms. The summed E-state index contributed by atoms with van der Waals surface area (Å²) in [4.78, 5) is 5.19. The van der Waals surface area contributed by atoms with Crippen LogP contribution in [0.25, 0.3) is 92.1 Å². The van der Waals surface area contributed by atoms with Crippen LogP contribution in [0, 0.1) is 0 Å². The zero-order valence-corrected chi connectivity index (χ0v) is 26.8. The minimum absolute atomic E-state index is 0.960. The summed E-state index contributed by atoms with van der Waals surface area (Å²) >= 11 is 1.89. The van der Waals surface area contributed by atoms with Crippen LogP contribution in [-0.2, 0) is 0 Å². The van der Waals surface area contributed by atoms with E-state index in [-0.39, 0.29) is 0 Å². The lowest BCUT2D eigenvalue weighted by atomic mass is 10.00. The molecule has 3 heterocycles. The normalized spacial score (nSPS) is 11.8. The van der Waals surface area contributed by atoms with Crippen LogP contribution in [0.15, 0.2) is 170 Å². The number of hydrogen-bond acceptors (Lipinski definition) is 2. The van der Waals surface area contributed by atoms with Crippen LogP contribution in [0.5, 0.6) is 0 Å². The Hall–Kier alpha value is -6.03. The number of nitrogens with zero attached hydrogens (tertiary/aromatic N) is 2. The van der Waals surface area contributed by atoms with Gasteiger partial charge in [0.2, 0.25) is 0 Å². The van der Waals surface area contributed by atoms with Gasteiger partial charge in [-0.05, 0) is 58.3 Å². The van der Waals surface area contributed by atoms with Crippen molar-refractivity contribution in [3.8, 4) is 39.3 Å². The summed E-state index contributed by atoms with van der Waals surface area (Å²) in [5.41, 5.74) is 10.1. The third-order valence-electron chi connectivity index (χ3n) is 9.58. The fourth-order valence-corrected chi connectivity index (χ4v) is 8.57. The van der Waals surface area contributed by atoms with Crippen LogP contribution < -0.4 is 0 Å². The number of rotatable bonds is 4. The average Bonchev–Trinajstić information content (AvgIpc) is 3.72. The molecule has 224 valence electrons. The van der Waals surface area contributed by atoms with Gasteiger partial charge in [0.25, 0.3) is 0 Å². The molecule has 0 fully saturated rings. The first-order chi connectivity index (χ1) is 23.8.